The van der Waals surface area contributed by atoms with E-state index in [1.807, 2.05) is 18.0 Å². The quantitative estimate of drug-likeness (QED) is 0.896. The zero-order valence-corrected chi connectivity index (χ0v) is 10.9. The van der Waals surface area contributed by atoms with Gasteiger partial charge in [-0.3, -0.25) is 4.79 Å². The van der Waals surface area contributed by atoms with Gasteiger partial charge in [0.1, 0.15) is 0 Å². The van der Waals surface area contributed by atoms with Crippen molar-refractivity contribution in [3.05, 3.63) is 35.4 Å². The Morgan fingerprint density at radius 2 is 2.18 bits per heavy atom. The lowest BCUT2D eigenvalue weighted by molar-refractivity contribution is -0.131. The number of rotatable bonds is 3. The molecular formula is C13H19ClN2O. The van der Waals surface area contributed by atoms with Crippen LogP contribution in [-0.2, 0) is 11.2 Å². The van der Waals surface area contributed by atoms with Gasteiger partial charge < -0.3 is 10.6 Å². The van der Waals surface area contributed by atoms with E-state index < -0.39 is 0 Å². The predicted molar refractivity (Wildman–Crippen MR) is 71.2 cm³/mol. The van der Waals surface area contributed by atoms with E-state index >= 15 is 0 Å². The van der Waals surface area contributed by atoms with Crippen molar-refractivity contribution in [2.45, 2.75) is 25.3 Å². The molecule has 1 amide bonds. The fraction of sp³-hybridized carbons (Fsp3) is 0.462. The molecule has 2 N–H and O–H groups in total. The highest BCUT2D eigenvalue weighted by Gasteiger charge is 2.27. The van der Waals surface area contributed by atoms with Gasteiger partial charge in [-0.25, -0.2) is 0 Å². The molecule has 1 aromatic carbocycles. The standard InChI is InChI=1S/C13H18N2O.ClH/c1-15(13(16)8-9-14)12-7-6-10-4-2-3-5-11(10)12;/h2-5,12H,6-9,14H2,1H3;1H. The first-order chi connectivity index (χ1) is 7.74. The summed E-state index contributed by atoms with van der Waals surface area (Å²) in [4.78, 5) is 13.6. The second-order valence-corrected chi connectivity index (χ2v) is 4.30. The van der Waals surface area contributed by atoms with Crippen LogP contribution in [0.4, 0.5) is 0 Å². The van der Waals surface area contributed by atoms with Gasteiger partial charge in [-0.15, -0.1) is 12.4 Å². The van der Waals surface area contributed by atoms with Crippen LogP contribution in [0.3, 0.4) is 0 Å². The fourth-order valence-electron chi connectivity index (χ4n) is 2.41. The maximum absolute atomic E-state index is 11.8. The lowest BCUT2D eigenvalue weighted by Crippen LogP contribution is -2.31. The summed E-state index contributed by atoms with van der Waals surface area (Å²) in [5, 5.41) is 0. The summed E-state index contributed by atoms with van der Waals surface area (Å²) in [7, 11) is 1.88. The monoisotopic (exact) mass is 254 g/mol. The number of carbonyl (C=O) groups excluding carboxylic acids is 1. The molecule has 1 unspecified atom stereocenters. The van der Waals surface area contributed by atoms with Gasteiger partial charge in [0.05, 0.1) is 6.04 Å². The minimum absolute atomic E-state index is 0. The first-order valence-corrected chi connectivity index (χ1v) is 5.77. The van der Waals surface area contributed by atoms with Crippen molar-refractivity contribution in [2.75, 3.05) is 13.6 Å². The summed E-state index contributed by atoms with van der Waals surface area (Å²) in [6.07, 6.45) is 2.54. The van der Waals surface area contributed by atoms with Crippen molar-refractivity contribution < 1.29 is 4.79 Å². The number of aryl methyl sites for hydroxylation is 1. The molecule has 4 heteroatoms. The summed E-state index contributed by atoms with van der Waals surface area (Å²) in [5.41, 5.74) is 8.09. The average Bonchev–Trinajstić information content (AvgIpc) is 2.72. The molecule has 0 saturated heterocycles. The van der Waals surface area contributed by atoms with Crippen LogP contribution in [-0.4, -0.2) is 24.4 Å². The molecule has 0 aliphatic heterocycles. The number of carbonyl (C=O) groups is 1. The molecule has 0 fully saturated rings. The number of nitrogens with two attached hydrogens (primary N) is 1. The van der Waals surface area contributed by atoms with Crippen molar-refractivity contribution in [1.82, 2.24) is 4.90 Å². The van der Waals surface area contributed by atoms with Gasteiger partial charge in [-0.05, 0) is 24.0 Å². The van der Waals surface area contributed by atoms with Crippen LogP contribution in [0.1, 0.15) is 30.0 Å². The highest BCUT2D eigenvalue weighted by atomic mass is 35.5. The van der Waals surface area contributed by atoms with Crippen LogP contribution in [0.5, 0.6) is 0 Å². The molecule has 1 atom stereocenters. The SMILES string of the molecule is CN(C(=O)CCN)C1CCc2ccccc21.Cl. The molecular weight excluding hydrogens is 236 g/mol. The Bertz CT molecular complexity index is 395. The Hall–Kier alpha value is -1.06. The topological polar surface area (TPSA) is 46.3 Å². The predicted octanol–water partition coefficient (Wildman–Crippen LogP) is 1.90. The van der Waals surface area contributed by atoms with E-state index in [1.54, 1.807) is 0 Å². The van der Waals surface area contributed by atoms with Gasteiger partial charge >= 0.3 is 0 Å². The van der Waals surface area contributed by atoms with Crippen molar-refractivity contribution in [1.29, 1.82) is 0 Å². The lowest BCUT2D eigenvalue weighted by Gasteiger charge is -2.25. The number of nitrogens with zero attached hydrogens (tertiary/aromatic N) is 1. The zero-order chi connectivity index (χ0) is 11.5. The largest absolute Gasteiger partial charge is 0.339 e. The van der Waals surface area contributed by atoms with Crippen LogP contribution < -0.4 is 5.73 Å². The molecule has 94 valence electrons. The van der Waals surface area contributed by atoms with Crippen molar-refractivity contribution in [3.63, 3.8) is 0 Å². The number of benzene rings is 1. The molecule has 17 heavy (non-hydrogen) atoms. The molecule has 1 aliphatic rings. The lowest BCUT2D eigenvalue weighted by atomic mass is 10.1. The number of hydrogen-bond donors (Lipinski definition) is 1. The number of halogens is 1. The molecule has 0 spiro atoms. The zero-order valence-electron chi connectivity index (χ0n) is 10.1. The third-order valence-corrected chi connectivity index (χ3v) is 3.32. The minimum Gasteiger partial charge on any atom is -0.339 e. The number of hydrogen-bond acceptors (Lipinski definition) is 2. The van der Waals surface area contributed by atoms with Crippen LogP contribution >= 0.6 is 12.4 Å². The minimum atomic E-state index is 0. The maximum atomic E-state index is 11.8. The molecule has 0 saturated carbocycles. The summed E-state index contributed by atoms with van der Waals surface area (Å²) in [6.45, 7) is 0.428. The van der Waals surface area contributed by atoms with Crippen molar-refractivity contribution >= 4 is 18.3 Å². The summed E-state index contributed by atoms with van der Waals surface area (Å²) in [5.74, 6) is 0.143. The smallest absolute Gasteiger partial charge is 0.224 e. The highest BCUT2D eigenvalue weighted by Crippen LogP contribution is 2.34. The summed E-state index contributed by atoms with van der Waals surface area (Å²) < 4.78 is 0. The molecule has 0 bridgehead atoms. The van der Waals surface area contributed by atoms with Gasteiger partial charge in [0.25, 0.3) is 0 Å². The average molecular weight is 255 g/mol. The molecule has 0 aromatic heterocycles. The molecule has 3 nitrogen and oxygen atoms in total. The molecule has 1 aliphatic carbocycles. The first kappa shape index (κ1) is 14.0. The Labute approximate surface area is 108 Å². The van der Waals surface area contributed by atoms with Crippen LogP contribution in [0.2, 0.25) is 0 Å². The van der Waals surface area contributed by atoms with Gasteiger partial charge in [0.2, 0.25) is 5.91 Å². The van der Waals surface area contributed by atoms with Gasteiger partial charge in [-0.1, -0.05) is 24.3 Å². The maximum Gasteiger partial charge on any atom is 0.224 e. The molecule has 1 aromatic rings. The van der Waals surface area contributed by atoms with E-state index in [2.05, 4.69) is 18.2 Å². The Morgan fingerprint density at radius 3 is 2.88 bits per heavy atom. The fourth-order valence-corrected chi connectivity index (χ4v) is 2.41. The van der Waals surface area contributed by atoms with E-state index in [9.17, 15) is 4.79 Å². The number of amides is 1. The third kappa shape index (κ3) is 2.79. The number of fused-ring (bicyclic) bond motifs is 1. The molecule has 0 heterocycles. The highest BCUT2D eigenvalue weighted by molar-refractivity contribution is 5.85. The third-order valence-electron chi connectivity index (χ3n) is 3.32. The Kier molecular flexibility index (Phi) is 4.97. The Morgan fingerprint density at radius 1 is 1.47 bits per heavy atom. The molecule has 0 radical (unpaired) electrons. The Balaban J connectivity index is 0.00000144. The first-order valence-electron chi connectivity index (χ1n) is 5.77. The molecule has 2 rings (SSSR count). The van der Waals surface area contributed by atoms with Crippen LogP contribution in [0.25, 0.3) is 0 Å². The van der Waals surface area contributed by atoms with Crippen molar-refractivity contribution in [3.8, 4) is 0 Å². The van der Waals surface area contributed by atoms with Gasteiger partial charge in [0.15, 0.2) is 0 Å². The van der Waals surface area contributed by atoms with Crippen molar-refractivity contribution in [2.24, 2.45) is 5.73 Å². The van der Waals surface area contributed by atoms with Gasteiger partial charge in [-0.2, -0.15) is 0 Å². The van der Waals surface area contributed by atoms with E-state index in [-0.39, 0.29) is 24.4 Å². The summed E-state index contributed by atoms with van der Waals surface area (Å²) in [6, 6.07) is 8.62. The van der Waals surface area contributed by atoms with E-state index in [1.165, 1.54) is 11.1 Å². The van der Waals surface area contributed by atoms with E-state index in [4.69, 9.17) is 5.73 Å². The van der Waals surface area contributed by atoms with E-state index in [0.29, 0.717) is 13.0 Å². The van der Waals surface area contributed by atoms with Gasteiger partial charge in [0, 0.05) is 20.0 Å². The second kappa shape index (κ2) is 6.03. The van der Waals surface area contributed by atoms with E-state index in [0.717, 1.165) is 12.8 Å². The second-order valence-electron chi connectivity index (χ2n) is 4.30. The van der Waals surface area contributed by atoms with Crippen LogP contribution in [0.15, 0.2) is 24.3 Å². The normalized spacial score (nSPS) is 17.2. The van der Waals surface area contributed by atoms with Crippen LogP contribution in [0, 0.1) is 0 Å². The summed E-state index contributed by atoms with van der Waals surface area (Å²) >= 11 is 0.